The molecular weight excluding hydrogens is 224 g/mol. The Morgan fingerprint density at radius 1 is 1.50 bits per heavy atom. The molecule has 0 saturated heterocycles. The van der Waals surface area contributed by atoms with E-state index in [1.807, 2.05) is 31.2 Å². The Bertz CT molecular complexity index is 352. The van der Waals surface area contributed by atoms with Crippen LogP contribution in [-0.2, 0) is 4.79 Å². The summed E-state index contributed by atoms with van der Waals surface area (Å²) in [4.78, 5) is 11.9. The zero-order valence-electron chi connectivity index (χ0n) is 9.47. The van der Waals surface area contributed by atoms with Crippen LogP contribution in [0.25, 0.3) is 0 Å². The molecule has 1 unspecified atom stereocenters. The molecule has 0 fully saturated rings. The van der Waals surface area contributed by atoms with E-state index in [1.165, 1.54) is 11.8 Å². The van der Waals surface area contributed by atoms with Crippen LogP contribution in [-0.4, -0.2) is 23.4 Å². The van der Waals surface area contributed by atoms with Crippen molar-refractivity contribution in [2.24, 2.45) is 0 Å². The molecule has 0 spiro atoms. The Morgan fingerprint density at radius 3 is 2.75 bits per heavy atom. The van der Waals surface area contributed by atoms with Gasteiger partial charge in [0.05, 0.1) is 12.0 Å². The molecule has 0 heterocycles. The van der Waals surface area contributed by atoms with Gasteiger partial charge in [-0.25, -0.2) is 0 Å². The molecule has 1 N–H and O–H groups in total. The van der Waals surface area contributed by atoms with Gasteiger partial charge >= 0.3 is 5.97 Å². The number of rotatable bonds is 6. The Balaban J connectivity index is 2.80. The van der Waals surface area contributed by atoms with Crippen molar-refractivity contribution >= 4 is 17.7 Å². The monoisotopic (exact) mass is 240 g/mol. The summed E-state index contributed by atoms with van der Waals surface area (Å²) in [6.45, 7) is 1.98. The van der Waals surface area contributed by atoms with E-state index < -0.39 is 11.2 Å². The van der Waals surface area contributed by atoms with E-state index in [9.17, 15) is 4.79 Å². The number of para-hydroxylation sites is 1. The molecule has 1 atom stereocenters. The molecule has 3 nitrogen and oxygen atoms in total. The van der Waals surface area contributed by atoms with Crippen LogP contribution in [0.3, 0.4) is 0 Å². The molecule has 0 radical (unpaired) electrons. The molecule has 1 rings (SSSR count). The second-order valence-electron chi connectivity index (χ2n) is 3.38. The molecule has 1 aromatic rings. The highest BCUT2D eigenvalue weighted by molar-refractivity contribution is 8.00. The lowest BCUT2D eigenvalue weighted by Gasteiger charge is -2.13. The van der Waals surface area contributed by atoms with Crippen LogP contribution < -0.4 is 4.74 Å². The lowest BCUT2D eigenvalue weighted by molar-refractivity contribution is -0.136. The number of hydrogen-bond donors (Lipinski definition) is 1. The first-order valence-corrected chi connectivity index (χ1v) is 6.09. The van der Waals surface area contributed by atoms with Crippen LogP contribution in [0.15, 0.2) is 29.2 Å². The first-order chi connectivity index (χ1) is 7.69. The molecule has 0 saturated carbocycles. The van der Waals surface area contributed by atoms with Crippen molar-refractivity contribution in [2.75, 3.05) is 7.11 Å². The van der Waals surface area contributed by atoms with Crippen LogP contribution >= 0.6 is 11.8 Å². The van der Waals surface area contributed by atoms with E-state index in [2.05, 4.69) is 0 Å². The molecule has 1 aromatic carbocycles. The van der Waals surface area contributed by atoms with Gasteiger partial charge in [-0.3, -0.25) is 4.79 Å². The zero-order valence-corrected chi connectivity index (χ0v) is 10.3. The number of carbonyl (C=O) groups is 1. The third-order valence-electron chi connectivity index (χ3n) is 2.16. The van der Waals surface area contributed by atoms with Crippen LogP contribution in [0, 0.1) is 0 Å². The lowest BCUT2D eigenvalue weighted by atomic mass is 10.2. The van der Waals surface area contributed by atoms with Gasteiger partial charge in [0.25, 0.3) is 0 Å². The number of thioether (sulfide) groups is 1. The van der Waals surface area contributed by atoms with Crippen LogP contribution in [0.2, 0.25) is 0 Å². The highest BCUT2D eigenvalue weighted by Gasteiger charge is 2.19. The molecule has 0 aromatic heterocycles. The summed E-state index contributed by atoms with van der Waals surface area (Å²) < 4.78 is 5.19. The van der Waals surface area contributed by atoms with E-state index in [1.54, 1.807) is 7.11 Å². The number of methoxy groups -OCH3 is 1. The summed E-state index contributed by atoms with van der Waals surface area (Å²) in [6.07, 6.45) is 1.52. The smallest absolute Gasteiger partial charge is 0.316 e. The third-order valence-corrected chi connectivity index (χ3v) is 3.48. The molecule has 0 aliphatic rings. The second-order valence-corrected chi connectivity index (χ2v) is 4.63. The largest absolute Gasteiger partial charge is 0.496 e. The van der Waals surface area contributed by atoms with E-state index >= 15 is 0 Å². The molecule has 16 heavy (non-hydrogen) atoms. The Hall–Kier alpha value is -1.16. The highest BCUT2D eigenvalue weighted by atomic mass is 32.2. The van der Waals surface area contributed by atoms with Crippen LogP contribution in [0.4, 0.5) is 0 Å². The van der Waals surface area contributed by atoms with Gasteiger partial charge in [-0.15, -0.1) is 11.8 Å². The molecule has 88 valence electrons. The summed E-state index contributed by atoms with van der Waals surface area (Å²) in [5.41, 5.74) is 0. The minimum Gasteiger partial charge on any atom is -0.496 e. The molecular formula is C12H16O3S. The third kappa shape index (κ3) is 3.45. The van der Waals surface area contributed by atoms with Crippen LogP contribution in [0.1, 0.15) is 19.8 Å². The topological polar surface area (TPSA) is 46.5 Å². The fourth-order valence-corrected chi connectivity index (χ4v) is 2.55. The highest BCUT2D eigenvalue weighted by Crippen LogP contribution is 2.33. The summed E-state index contributed by atoms with van der Waals surface area (Å²) in [6, 6.07) is 7.48. The van der Waals surface area contributed by atoms with Gasteiger partial charge in [0.2, 0.25) is 0 Å². The molecule has 4 heteroatoms. The summed E-state index contributed by atoms with van der Waals surface area (Å²) >= 11 is 1.35. The van der Waals surface area contributed by atoms with Crippen molar-refractivity contribution in [3.05, 3.63) is 24.3 Å². The fraction of sp³-hybridized carbons (Fsp3) is 0.417. The van der Waals surface area contributed by atoms with Gasteiger partial charge in [0.15, 0.2) is 0 Å². The predicted octanol–water partition coefficient (Wildman–Crippen LogP) is 3.04. The van der Waals surface area contributed by atoms with E-state index in [4.69, 9.17) is 9.84 Å². The zero-order chi connectivity index (χ0) is 12.0. The van der Waals surface area contributed by atoms with Gasteiger partial charge in [-0.2, -0.15) is 0 Å². The van der Waals surface area contributed by atoms with Crippen molar-refractivity contribution in [3.63, 3.8) is 0 Å². The van der Waals surface area contributed by atoms with E-state index in [0.717, 1.165) is 17.1 Å². The van der Waals surface area contributed by atoms with Gasteiger partial charge < -0.3 is 9.84 Å². The first-order valence-electron chi connectivity index (χ1n) is 5.21. The Labute approximate surface area is 99.8 Å². The van der Waals surface area contributed by atoms with E-state index in [0.29, 0.717) is 6.42 Å². The predicted molar refractivity (Wildman–Crippen MR) is 65.2 cm³/mol. The lowest BCUT2D eigenvalue weighted by Crippen LogP contribution is -2.15. The summed E-state index contributed by atoms with van der Waals surface area (Å²) in [5, 5.41) is 8.67. The van der Waals surface area contributed by atoms with Crippen LogP contribution in [0.5, 0.6) is 5.75 Å². The molecule has 0 amide bonds. The standard InChI is InChI=1S/C12H16O3S/c1-3-6-11(12(13)14)16-10-8-5-4-7-9(10)15-2/h4-5,7-8,11H,3,6H2,1-2H3,(H,13,14). The minimum atomic E-state index is -0.766. The molecule has 0 bridgehead atoms. The van der Waals surface area contributed by atoms with Gasteiger partial charge in [-0.1, -0.05) is 25.5 Å². The SMILES string of the molecule is CCCC(Sc1ccccc1OC)C(=O)O. The Morgan fingerprint density at radius 2 is 2.19 bits per heavy atom. The van der Waals surface area contributed by atoms with Gasteiger partial charge in [0, 0.05) is 0 Å². The number of benzene rings is 1. The number of ether oxygens (including phenoxy) is 1. The molecule has 0 aliphatic heterocycles. The van der Waals surface area contributed by atoms with Gasteiger partial charge in [0.1, 0.15) is 11.0 Å². The fourth-order valence-electron chi connectivity index (χ4n) is 1.36. The average Bonchev–Trinajstić information content (AvgIpc) is 2.29. The van der Waals surface area contributed by atoms with Crippen molar-refractivity contribution in [2.45, 2.75) is 29.9 Å². The normalized spacial score (nSPS) is 12.1. The number of carboxylic acids is 1. The van der Waals surface area contributed by atoms with Crippen molar-refractivity contribution < 1.29 is 14.6 Å². The van der Waals surface area contributed by atoms with Crippen molar-refractivity contribution in [1.82, 2.24) is 0 Å². The maximum Gasteiger partial charge on any atom is 0.316 e. The average molecular weight is 240 g/mol. The van der Waals surface area contributed by atoms with Crippen molar-refractivity contribution in [1.29, 1.82) is 0 Å². The number of aliphatic carboxylic acids is 1. The first kappa shape index (κ1) is 12.9. The second kappa shape index (κ2) is 6.43. The number of carboxylic acid groups (broad SMARTS) is 1. The minimum absolute atomic E-state index is 0.402. The summed E-state index contributed by atoms with van der Waals surface area (Å²) in [7, 11) is 1.59. The quantitative estimate of drug-likeness (QED) is 0.776. The maximum absolute atomic E-state index is 11.0. The Kier molecular flexibility index (Phi) is 5.19. The van der Waals surface area contributed by atoms with Gasteiger partial charge in [-0.05, 0) is 18.6 Å². The number of hydrogen-bond acceptors (Lipinski definition) is 3. The van der Waals surface area contributed by atoms with E-state index in [-0.39, 0.29) is 0 Å². The molecule has 0 aliphatic carbocycles. The maximum atomic E-state index is 11.0. The summed E-state index contributed by atoms with van der Waals surface area (Å²) in [5.74, 6) is -0.0346. The van der Waals surface area contributed by atoms with Crippen molar-refractivity contribution in [3.8, 4) is 5.75 Å².